The molecule has 1 rings (SSSR count). The van der Waals surface area contributed by atoms with Gasteiger partial charge in [0.25, 0.3) is 0 Å². The molecule has 1 aromatic rings. The topological polar surface area (TPSA) is 71.5 Å². The van der Waals surface area contributed by atoms with Crippen LogP contribution in [-0.4, -0.2) is 29.7 Å². The van der Waals surface area contributed by atoms with Crippen molar-refractivity contribution >= 4 is 5.97 Å². The Labute approximate surface area is 88.1 Å². The van der Waals surface area contributed by atoms with E-state index in [9.17, 15) is 4.79 Å². The van der Waals surface area contributed by atoms with Gasteiger partial charge in [0, 0.05) is 13.1 Å². The van der Waals surface area contributed by atoms with E-state index in [-0.39, 0.29) is 11.7 Å². The summed E-state index contributed by atoms with van der Waals surface area (Å²) in [5.41, 5.74) is 0.817. The molecule has 0 fully saturated rings. The van der Waals surface area contributed by atoms with Gasteiger partial charge in [-0.25, -0.2) is 0 Å². The van der Waals surface area contributed by atoms with E-state index in [0.717, 1.165) is 5.69 Å². The molecule has 1 aromatic heterocycles. The molecule has 15 heavy (non-hydrogen) atoms. The van der Waals surface area contributed by atoms with Crippen LogP contribution in [0.4, 0.5) is 0 Å². The van der Waals surface area contributed by atoms with Crippen molar-refractivity contribution in [1.82, 2.24) is 10.3 Å². The van der Waals surface area contributed by atoms with Gasteiger partial charge in [-0.15, -0.1) is 0 Å². The lowest BCUT2D eigenvalue weighted by molar-refractivity contribution is -0.140. The number of nitrogens with zero attached hydrogens (tertiary/aromatic N) is 1. The van der Waals surface area contributed by atoms with Gasteiger partial charge in [0.05, 0.1) is 25.4 Å². The molecule has 82 valence electrons. The van der Waals surface area contributed by atoms with Gasteiger partial charge >= 0.3 is 5.97 Å². The Morgan fingerprint density at radius 3 is 3.00 bits per heavy atom. The molecule has 0 unspecified atom stereocenters. The van der Waals surface area contributed by atoms with Gasteiger partial charge in [0.1, 0.15) is 5.75 Å². The van der Waals surface area contributed by atoms with Crippen LogP contribution in [0.25, 0.3) is 0 Å². The van der Waals surface area contributed by atoms with Gasteiger partial charge < -0.3 is 15.2 Å². The van der Waals surface area contributed by atoms with Crippen molar-refractivity contribution in [3.05, 3.63) is 24.0 Å². The first-order valence-corrected chi connectivity index (χ1v) is 4.64. The second-order valence-electron chi connectivity index (χ2n) is 3.01. The molecule has 5 nitrogen and oxygen atoms in total. The first-order valence-electron chi connectivity index (χ1n) is 4.64. The smallest absolute Gasteiger partial charge is 0.306 e. The highest BCUT2D eigenvalue weighted by Gasteiger charge is 1.99. The SMILES string of the molecule is COC(=O)CCNCc1ccc(O)cn1. The van der Waals surface area contributed by atoms with Crippen molar-refractivity contribution in [3.63, 3.8) is 0 Å². The van der Waals surface area contributed by atoms with Crippen molar-refractivity contribution < 1.29 is 14.6 Å². The van der Waals surface area contributed by atoms with Crippen LogP contribution in [0, 0.1) is 0 Å². The summed E-state index contributed by atoms with van der Waals surface area (Å²) in [6.07, 6.45) is 1.73. The number of ether oxygens (including phenoxy) is 1. The van der Waals surface area contributed by atoms with Crippen LogP contribution in [0.5, 0.6) is 5.75 Å². The van der Waals surface area contributed by atoms with E-state index in [4.69, 9.17) is 5.11 Å². The molecule has 0 aromatic carbocycles. The summed E-state index contributed by atoms with van der Waals surface area (Å²) >= 11 is 0. The summed E-state index contributed by atoms with van der Waals surface area (Å²) in [5.74, 6) is -0.0884. The Bertz CT molecular complexity index is 311. The number of nitrogens with one attached hydrogen (secondary N) is 1. The highest BCUT2D eigenvalue weighted by Crippen LogP contribution is 2.05. The maximum Gasteiger partial charge on any atom is 0.306 e. The lowest BCUT2D eigenvalue weighted by Crippen LogP contribution is -2.18. The third-order valence-corrected chi connectivity index (χ3v) is 1.85. The summed E-state index contributed by atoms with van der Waals surface area (Å²) in [6, 6.07) is 3.30. The molecule has 1 heterocycles. The predicted octanol–water partition coefficient (Wildman–Crippen LogP) is 0.440. The van der Waals surface area contributed by atoms with Crippen molar-refractivity contribution in [2.45, 2.75) is 13.0 Å². The van der Waals surface area contributed by atoms with Crippen LogP contribution >= 0.6 is 0 Å². The summed E-state index contributed by atoms with van der Waals surface area (Å²) in [7, 11) is 1.36. The summed E-state index contributed by atoms with van der Waals surface area (Å²) in [4.78, 5) is 14.7. The standard InChI is InChI=1S/C10H14N2O3/c1-15-10(14)4-5-11-6-8-2-3-9(13)7-12-8/h2-3,7,11,13H,4-6H2,1H3. The van der Waals surface area contributed by atoms with Gasteiger partial charge in [-0.05, 0) is 12.1 Å². The lowest BCUT2D eigenvalue weighted by Gasteiger charge is -2.03. The zero-order valence-corrected chi connectivity index (χ0v) is 8.56. The molecule has 0 saturated carbocycles. The number of hydrogen-bond donors (Lipinski definition) is 2. The van der Waals surface area contributed by atoms with Crippen molar-refractivity contribution in [1.29, 1.82) is 0 Å². The third kappa shape index (κ3) is 4.42. The normalized spacial score (nSPS) is 9.93. The summed E-state index contributed by atoms with van der Waals surface area (Å²) in [5, 5.41) is 12.0. The fraction of sp³-hybridized carbons (Fsp3) is 0.400. The monoisotopic (exact) mass is 210 g/mol. The number of methoxy groups -OCH3 is 1. The van der Waals surface area contributed by atoms with Crippen LogP contribution in [-0.2, 0) is 16.1 Å². The number of hydrogen-bond acceptors (Lipinski definition) is 5. The molecular formula is C10H14N2O3. The van der Waals surface area contributed by atoms with Gasteiger partial charge in [0.15, 0.2) is 0 Å². The molecule has 0 aliphatic carbocycles. The van der Waals surface area contributed by atoms with Crippen LogP contribution in [0.2, 0.25) is 0 Å². The highest BCUT2D eigenvalue weighted by atomic mass is 16.5. The number of pyridine rings is 1. The van der Waals surface area contributed by atoms with Crippen LogP contribution in [0.3, 0.4) is 0 Å². The number of aromatic hydroxyl groups is 1. The van der Waals surface area contributed by atoms with Gasteiger partial charge in [0.2, 0.25) is 0 Å². The minimum absolute atomic E-state index is 0.147. The summed E-state index contributed by atoms with van der Waals surface area (Å²) in [6.45, 7) is 1.12. The lowest BCUT2D eigenvalue weighted by atomic mass is 10.3. The van der Waals surface area contributed by atoms with Crippen LogP contribution in [0.1, 0.15) is 12.1 Å². The minimum Gasteiger partial charge on any atom is -0.506 e. The Kier molecular flexibility index (Phi) is 4.56. The van der Waals surface area contributed by atoms with E-state index in [1.54, 1.807) is 12.1 Å². The molecule has 2 N–H and O–H groups in total. The Morgan fingerprint density at radius 1 is 1.60 bits per heavy atom. The number of carbonyl (C=O) groups excluding carboxylic acids is 1. The second-order valence-corrected chi connectivity index (χ2v) is 3.01. The van der Waals surface area contributed by atoms with E-state index in [0.29, 0.717) is 19.5 Å². The van der Waals surface area contributed by atoms with Crippen LogP contribution < -0.4 is 5.32 Å². The van der Waals surface area contributed by atoms with Gasteiger partial charge in [-0.2, -0.15) is 0 Å². The second kappa shape index (κ2) is 5.98. The van der Waals surface area contributed by atoms with E-state index in [2.05, 4.69) is 15.0 Å². The van der Waals surface area contributed by atoms with Crippen molar-refractivity contribution in [3.8, 4) is 5.75 Å². The zero-order chi connectivity index (χ0) is 11.1. The molecule has 0 spiro atoms. The van der Waals surface area contributed by atoms with Gasteiger partial charge in [-0.1, -0.05) is 0 Å². The molecule has 0 atom stereocenters. The van der Waals surface area contributed by atoms with Crippen molar-refractivity contribution in [2.75, 3.05) is 13.7 Å². The fourth-order valence-corrected chi connectivity index (χ4v) is 1.03. The van der Waals surface area contributed by atoms with E-state index in [1.807, 2.05) is 0 Å². The number of aromatic nitrogens is 1. The largest absolute Gasteiger partial charge is 0.506 e. The highest BCUT2D eigenvalue weighted by molar-refractivity contribution is 5.69. The Morgan fingerprint density at radius 2 is 2.40 bits per heavy atom. The van der Waals surface area contributed by atoms with Crippen LogP contribution in [0.15, 0.2) is 18.3 Å². The molecule has 0 radical (unpaired) electrons. The number of rotatable bonds is 5. The van der Waals surface area contributed by atoms with E-state index in [1.165, 1.54) is 13.3 Å². The predicted molar refractivity (Wildman–Crippen MR) is 54.2 cm³/mol. The van der Waals surface area contributed by atoms with Crippen molar-refractivity contribution in [2.24, 2.45) is 0 Å². The summed E-state index contributed by atoms with van der Waals surface area (Å²) < 4.78 is 4.49. The first kappa shape index (κ1) is 11.5. The maximum atomic E-state index is 10.8. The minimum atomic E-state index is -0.235. The molecule has 0 amide bonds. The number of esters is 1. The first-order chi connectivity index (χ1) is 7.22. The molecule has 0 saturated heterocycles. The zero-order valence-electron chi connectivity index (χ0n) is 8.56. The molecule has 0 aliphatic heterocycles. The average molecular weight is 210 g/mol. The quantitative estimate of drug-likeness (QED) is 0.545. The van der Waals surface area contributed by atoms with E-state index >= 15 is 0 Å². The molecular weight excluding hydrogens is 196 g/mol. The van der Waals surface area contributed by atoms with E-state index < -0.39 is 0 Å². The average Bonchev–Trinajstić information content (AvgIpc) is 2.26. The fourth-order valence-electron chi connectivity index (χ4n) is 1.03. The maximum absolute atomic E-state index is 10.8. The Hall–Kier alpha value is -1.62. The van der Waals surface area contributed by atoms with Gasteiger partial charge in [-0.3, -0.25) is 9.78 Å². The molecule has 0 aliphatic rings. The number of carbonyl (C=O) groups is 1. The Balaban J connectivity index is 2.20. The third-order valence-electron chi connectivity index (χ3n) is 1.85. The molecule has 5 heteroatoms. The molecule has 0 bridgehead atoms.